The Morgan fingerprint density at radius 1 is 1.42 bits per heavy atom. The molecule has 1 aromatic rings. The van der Waals surface area contributed by atoms with Crippen LogP contribution in [0.15, 0.2) is 4.21 Å². The average molecular weight is 293 g/mol. The summed E-state index contributed by atoms with van der Waals surface area (Å²) in [5.41, 5.74) is 1.85. The van der Waals surface area contributed by atoms with E-state index in [-0.39, 0.29) is 5.78 Å². The molecule has 0 aromatic carbocycles. The van der Waals surface area contributed by atoms with E-state index in [9.17, 15) is 10.1 Å². The molecular formula is C15H19NOS2. The quantitative estimate of drug-likeness (QED) is 0.580. The molecule has 0 unspecified atom stereocenters. The predicted molar refractivity (Wildman–Crippen MR) is 81.3 cm³/mol. The number of carbonyl (C=O) groups excluding carboxylic acids is 1. The van der Waals surface area contributed by atoms with Gasteiger partial charge in [0.05, 0.1) is 14.6 Å². The minimum absolute atomic E-state index is 0.197. The van der Waals surface area contributed by atoms with Crippen LogP contribution in [-0.4, -0.2) is 12.0 Å². The Bertz CT molecular complexity index is 507. The Morgan fingerprint density at radius 2 is 2.11 bits per heavy atom. The molecule has 0 saturated heterocycles. The number of hydrogen-bond donors (Lipinski definition) is 0. The maximum atomic E-state index is 12.2. The molecular weight excluding hydrogens is 274 g/mol. The highest BCUT2D eigenvalue weighted by Crippen LogP contribution is 2.44. The van der Waals surface area contributed by atoms with Crippen molar-refractivity contribution in [3.8, 4) is 6.07 Å². The first kappa shape index (κ1) is 14.6. The number of thioether (sulfide) groups is 1. The van der Waals surface area contributed by atoms with Crippen LogP contribution in [0.5, 0.6) is 0 Å². The van der Waals surface area contributed by atoms with Crippen molar-refractivity contribution in [1.29, 1.82) is 5.26 Å². The van der Waals surface area contributed by atoms with Crippen molar-refractivity contribution in [3.05, 3.63) is 16.0 Å². The van der Waals surface area contributed by atoms with Crippen molar-refractivity contribution in [2.45, 2.75) is 55.6 Å². The van der Waals surface area contributed by atoms with Crippen LogP contribution in [0.25, 0.3) is 0 Å². The number of nitriles is 1. The molecule has 0 bridgehead atoms. The summed E-state index contributed by atoms with van der Waals surface area (Å²) in [4.78, 5) is 13.0. The van der Waals surface area contributed by atoms with E-state index in [4.69, 9.17) is 0 Å². The zero-order chi connectivity index (χ0) is 13.8. The van der Waals surface area contributed by atoms with Gasteiger partial charge in [-0.2, -0.15) is 5.26 Å². The van der Waals surface area contributed by atoms with E-state index < -0.39 is 0 Å². The lowest BCUT2D eigenvalue weighted by Gasteiger charge is -2.22. The lowest BCUT2D eigenvalue weighted by atomic mass is 9.82. The summed E-state index contributed by atoms with van der Waals surface area (Å²) in [7, 11) is 0. The fraction of sp³-hybridized carbons (Fsp3) is 0.600. The van der Waals surface area contributed by atoms with Gasteiger partial charge in [0.25, 0.3) is 0 Å². The fourth-order valence-electron chi connectivity index (χ4n) is 2.82. The minimum atomic E-state index is 0.197. The van der Waals surface area contributed by atoms with Crippen LogP contribution in [-0.2, 0) is 0 Å². The summed E-state index contributed by atoms with van der Waals surface area (Å²) in [5, 5.41) is 9.46. The molecule has 1 aliphatic rings. The molecule has 0 atom stereocenters. The third kappa shape index (κ3) is 2.88. The Labute approximate surface area is 123 Å². The first-order chi connectivity index (χ1) is 9.22. The molecule has 1 heterocycles. The molecule has 0 spiro atoms. The van der Waals surface area contributed by atoms with E-state index in [2.05, 4.69) is 6.07 Å². The number of rotatable bonds is 4. The number of thiophene rings is 1. The minimum Gasteiger partial charge on any atom is -0.293 e. The first-order valence-corrected chi connectivity index (χ1v) is 8.91. The van der Waals surface area contributed by atoms with Gasteiger partial charge in [0, 0.05) is 6.42 Å². The molecule has 1 aliphatic carbocycles. The second-order valence-corrected chi connectivity index (χ2v) is 7.03. The molecule has 0 radical (unpaired) electrons. The van der Waals surface area contributed by atoms with Gasteiger partial charge >= 0.3 is 0 Å². The molecule has 2 rings (SSSR count). The molecule has 4 heteroatoms. The zero-order valence-electron chi connectivity index (χ0n) is 11.5. The summed E-state index contributed by atoms with van der Waals surface area (Å²) in [6, 6.07) is 2.35. The maximum absolute atomic E-state index is 12.2. The number of ketones is 1. The van der Waals surface area contributed by atoms with Crippen molar-refractivity contribution < 1.29 is 4.79 Å². The Hall–Kier alpha value is -0.790. The molecule has 1 fully saturated rings. The Morgan fingerprint density at radius 3 is 2.63 bits per heavy atom. The van der Waals surface area contributed by atoms with Gasteiger partial charge in [-0.25, -0.2) is 0 Å². The van der Waals surface area contributed by atoms with Gasteiger partial charge in [0.1, 0.15) is 6.07 Å². The van der Waals surface area contributed by atoms with Gasteiger partial charge in [-0.3, -0.25) is 4.79 Å². The van der Waals surface area contributed by atoms with E-state index in [0.29, 0.717) is 12.3 Å². The topological polar surface area (TPSA) is 40.9 Å². The Kier molecular flexibility index (Phi) is 5.06. The molecule has 1 aromatic heterocycles. The standard InChI is InChI=1S/C15H19NOS2/c1-3-12(17)14-13(10-7-5-4-6-8-10)11(9-16)15(18-2)19-14/h10H,3-8H2,1-2H3. The zero-order valence-corrected chi connectivity index (χ0v) is 13.1. The molecule has 0 amide bonds. The van der Waals surface area contributed by atoms with E-state index in [1.165, 1.54) is 30.6 Å². The van der Waals surface area contributed by atoms with Gasteiger partial charge < -0.3 is 0 Å². The average Bonchev–Trinajstić information content (AvgIpc) is 2.85. The van der Waals surface area contributed by atoms with Gasteiger partial charge in [-0.05, 0) is 30.6 Å². The van der Waals surface area contributed by atoms with Crippen molar-refractivity contribution in [2.75, 3.05) is 6.26 Å². The summed E-state index contributed by atoms with van der Waals surface area (Å²) >= 11 is 3.12. The van der Waals surface area contributed by atoms with Crippen LogP contribution >= 0.6 is 23.1 Å². The highest BCUT2D eigenvalue weighted by molar-refractivity contribution is 8.00. The van der Waals surface area contributed by atoms with Crippen molar-refractivity contribution in [2.24, 2.45) is 0 Å². The summed E-state index contributed by atoms with van der Waals surface area (Å²) in [5.74, 6) is 0.619. The lowest BCUT2D eigenvalue weighted by molar-refractivity contribution is 0.0990. The van der Waals surface area contributed by atoms with Crippen LogP contribution in [0.2, 0.25) is 0 Å². The molecule has 19 heavy (non-hydrogen) atoms. The third-order valence-corrected chi connectivity index (χ3v) is 6.16. The first-order valence-electron chi connectivity index (χ1n) is 6.86. The van der Waals surface area contributed by atoms with Crippen molar-refractivity contribution in [3.63, 3.8) is 0 Å². The summed E-state index contributed by atoms with van der Waals surface area (Å²) < 4.78 is 1.01. The maximum Gasteiger partial charge on any atom is 0.172 e. The predicted octanol–water partition coefficient (Wildman–Crippen LogP) is 4.98. The summed E-state index contributed by atoms with van der Waals surface area (Å²) in [6.45, 7) is 1.90. The summed E-state index contributed by atoms with van der Waals surface area (Å²) in [6.07, 6.45) is 8.50. The lowest BCUT2D eigenvalue weighted by Crippen LogP contribution is -2.09. The number of nitrogens with zero attached hydrogens (tertiary/aromatic N) is 1. The molecule has 102 valence electrons. The van der Waals surface area contributed by atoms with E-state index in [0.717, 1.165) is 33.1 Å². The molecule has 0 aliphatic heterocycles. The molecule has 2 nitrogen and oxygen atoms in total. The third-order valence-electron chi connectivity index (χ3n) is 3.80. The van der Waals surface area contributed by atoms with E-state index in [1.807, 2.05) is 13.2 Å². The molecule has 1 saturated carbocycles. The number of Topliss-reactive ketones (excluding diaryl/α,β-unsaturated/α-hetero) is 1. The fourth-order valence-corrected chi connectivity index (χ4v) is 4.84. The SMILES string of the molecule is CCC(=O)c1sc(SC)c(C#N)c1C1CCCCC1. The smallest absolute Gasteiger partial charge is 0.172 e. The van der Waals surface area contributed by atoms with E-state index in [1.54, 1.807) is 11.8 Å². The van der Waals surface area contributed by atoms with Crippen molar-refractivity contribution in [1.82, 2.24) is 0 Å². The second kappa shape index (κ2) is 6.58. The number of carbonyl (C=O) groups is 1. The van der Waals surface area contributed by atoms with Crippen LogP contribution in [0, 0.1) is 11.3 Å². The van der Waals surface area contributed by atoms with Crippen LogP contribution in [0.1, 0.15) is 72.2 Å². The Balaban J connectivity index is 2.50. The van der Waals surface area contributed by atoms with Gasteiger partial charge in [0.15, 0.2) is 5.78 Å². The van der Waals surface area contributed by atoms with Gasteiger partial charge in [-0.15, -0.1) is 23.1 Å². The molecule has 0 N–H and O–H groups in total. The highest BCUT2D eigenvalue weighted by Gasteiger charge is 2.28. The van der Waals surface area contributed by atoms with Crippen molar-refractivity contribution >= 4 is 28.9 Å². The highest BCUT2D eigenvalue weighted by atomic mass is 32.2. The second-order valence-electron chi connectivity index (χ2n) is 4.93. The van der Waals surface area contributed by atoms with E-state index >= 15 is 0 Å². The largest absolute Gasteiger partial charge is 0.293 e. The van der Waals surface area contributed by atoms with Gasteiger partial charge in [-0.1, -0.05) is 26.2 Å². The van der Waals surface area contributed by atoms with Crippen LogP contribution in [0.4, 0.5) is 0 Å². The number of hydrogen-bond acceptors (Lipinski definition) is 4. The monoisotopic (exact) mass is 293 g/mol. The van der Waals surface area contributed by atoms with Crippen LogP contribution in [0.3, 0.4) is 0 Å². The van der Waals surface area contributed by atoms with Crippen LogP contribution < -0.4 is 0 Å². The van der Waals surface area contributed by atoms with Gasteiger partial charge in [0.2, 0.25) is 0 Å². The normalized spacial score (nSPS) is 16.3.